The molecule has 4 nitrogen and oxygen atoms in total. The smallest absolute Gasteiger partial charge is 0.224 e. The Balaban J connectivity index is 1.53. The average molecular weight is 345 g/mol. The van der Waals surface area contributed by atoms with Crippen LogP contribution in [0, 0.1) is 0 Å². The van der Waals surface area contributed by atoms with Gasteiger partial charge in [-0.25, -0.2) is 0 Å². The highest BCUT2D eigenvalue weighted by Gasteiger charge is 2.16. The quantitative estimate of drug-likeness (QED) is 0.847. The van der Waals surface area contributed by atoms with Crippen LogP contribution in [0.2, 0.25) is 5.02 Å². The van der Waals surface area contributed by atoms with Crippen molar-refractivity contribution < 1.29 is 9.53 Å². The van der Waals surface area contributed by atoms with E-state index in [-0.39, 0.29) is 11.9 Å². The first kappa shape index (κ1) is 16.8. The zero-order valence-corrected chi connectivity index (χ0v) is 14.2. The Hall–Kier alpha value is -2.04. The molecule has 1 atom stereocenters. The van der Waals surface area contributed by atoms with Crippen LogP contribution >= 0.6 is 11.6 Å². The molecule has 0 saturated carbocycles. The maximum Gasteiger partial charge on any atom is 0.224 e. The summed E-state index contributed by atoms with van der Waals surface area (Å²) in [7, 11) is 0. The van der Waals surface area contributed by atoms with Gasteiger partial charge in [0.15, 0.2) is 0 Å². The molecule has 2 aromatic carbocycles. The van der Waals surface area contributed by atoms with Crippen LogP contribution in [0.15, 0.2) is 48.5 Å². The van der Waals surface area contributed by atoms with Crippen molar-refractivity contribution in [2.24, 2.45) is 0 Å². The molecule has 0 aliphatic carbocycles. The molecule has 2 aromatic rings. The van der Waals surface area contributed by atoms with Gasteiger partial charge >= 0.3 is 0 Å². The number of carbonyl (C=O) groups is 1. The third-order valence-electron chi connectivity index (χ3n) is 4.01. The second-order valence-electron chi connectivity index (χ2n) is 6.00. The summed E-state index contributed by atoms with van der Waals surface area (Å²) in [5.74, 6) is 0.816. The maximum atomic E-state index is 12.1. The molecule has 1 fully saturated rings. The van der Waals surface area contributed by atoms with Crippen molar-refractivity contribution in [3.05, 3.63) is 64.7 Å². The van der Waals surface area contributed by atoms with Gasteiger partial charge in [0.05, 0.1) is 6.42 Å². The van der Waals surface area contributed by atoms with Crippen molar-refractivity contribution >= 4 is 17.5 Å². The number of benzene rings is 2. The Labute approximate surface area is 147 Å². The largest absolute Gasteiger partial charge is 0.489 e. The fraction of sp³-hybridized carbons (Fsp3) is 0.316. The van der Waals surface area contributed by atoms with Crippen molar-refractivity contribution in [2.45, 2.75) is 25.5 Å². The van der Waals surface area contributed by atoms with Gasteiger partial charge in [0, 0.05) is 17.6 Å². The lowest BCUT2D eigenvalue weighted by molar-refractivity contribution is -0.121. The van der Waals surface area contributed by atoms with E-state index < -0.39 is 0 Å². The molecule has 1 aliphatic rings. The van der Waals surface area contributed by atoms with Crippen LogP contribution in [0.4, 0.5) is 0 Å². The lowest BCUT2D eigenvalue weighted by atomic mass is 10.1. The fourth-order valence-corrected chi connectivity index (χ4v) is 2.86. The number of nitrogens with one attached hydrogen (secondary N) is 2. The lowest BCUT2D eigenvalue weighted by Gasteiger charge is -2.12. The highest BCUT2D eigenvalue weighted by molar-refractivity contribution is 6.30. The topological polar surface area (TPSA) is 50.4 Å². The molecular formula is C19H21ClN2O2. The number of rotatable bonds is 6. The summed E-state index contributed by atoms with van der Waals surface area (Å²) >= 11 is 5.88. The van der Waals surface area contributed by atoms with Gasteiger partial charge in [-0.05, 0) is 48.4 Å². The van der Waals surface area contributed by atoms with Gasteiger partial charge in [-0.3, -0.25) is 4.79 Å². The van der Waals surface area contributed by atoms with Crippen molar-refractivity contribution in [2.75, 3.05) is 13.1 Å². The third kappa shape index (κ3) is 4.98. The molecule has 1 unspecified atom stereocenters. The molecule has 24 heavy (non-hydrogen) atoms. The van der Waals surface area contributed by atoms with Gasteiger partial charge in [0.25, 0.3) is 0 Å². The van der Waals surface area contributed by atoms with Gasteiger partial charge in [0.1, 0.15) is 12.4 Å². The Morgan fingerprint density at radius 1 is 1.21 bits per heavy atom. The maximum absolute atomic E-state index is 12.1. The van der Waals surface area contributed by atoms with Crippen LogP contribution in [-0.2, 0) is 17.8 Å². The van der Waals surface area contributed by atoms with Crippen molar-refractivity contribution in [1.82, 2.24) is 10.6 Å². The van der Waals surface area contributed by atoms with E-state index in [1.54, 1.807) is 0 Å². The molecule has 1 heterocycles. The lowest BCUT2D eigenvalue weighted by Crippen LogP contribution is -2.37. The summed E-state index contributed by atoms with van der Waals surface area (Å²) in [5, 5.41) is 7.01. The molecule has 1 amide bonds. The predicted molar refractivity (Wildman–Crippen MR) is 95.3 cm³/mol. The first-order valence-electron chi connectivity index (χ1n) is 8.15. The highest BCUT2D eigenvalue weighted by atomic mass is 35.5. The normalized spacial score (nSPS) is 16.8. The van der Waals surface area contributed by atoms with Gasteiger partial charge in [-0.2, -0.15) is 0 Å². The standard InChI is InChI=1S/C19H21ClN2O2/c20-16-6-4-14(5-7-16)13-24-18-3-1-2-15(10-18)11-19(23)22-17-8-9-21-12-17/h1-7,10,17,21H,8-9,11-13H2,(H,22,23). The van der Waals surface area contributed by atoms with Crippen LogP contribution in [-0.4, -0.2) is 25.0 Å². The van der Waals surface area contributed by atoms with Gasteiger partial charge < -0.3 is 15.4 Å². The van der Waals surface area contributed by atoms with E-state index in [0.29, 0.717) is 18.1 Å². The number of carbonyl (C=O) groups excluding carboxylic acids is 1. The Morgan fingerprint density at radius 3 is 2.79 bits per heavy atom. The van der Waals surface area contributed by atoms with E-state index in [9.17, 15) is 4.79 Å². The summed E-state index contributed by atoms with van der Waals surface area (Å²) in [6.45, 7) is 2.30. The zero-order chi connectivity index (χ0) is 16.8. The number of halogens is 1. The van der Waals surface area contributed by atoms with E-state index in [2.05, 4.69) is 10.6 Å². The minimum absolute atomic E-state index is 0.0542. The summed E-state index contributed by atoms with van der Waals surface area (Å²) in [6, 6.07) is 15.5. The molecular weight excluding hydrogens is 324 g/mol. The first-order valence-corrected chi connectivity index (χ1v) is 8.53. The fourth-order valence-electron chi connectivity index (χ4n) is 2.73. The van der Waals surface area contributed by atoms with Crippen LogP contribution < -0.4 is 15.4 Å². The molecule has 0 radical (unpaired) electrons. The first-order chi connectivity index (χ1) is 11.7. The summed E-state index contributed by atoms with van der Waals surface area (Å²) in [6.07, 6.45) is 1.37. The highest BCUT2D eigenvalue weighted by Crippen LogP contribution is 2.17. The minimum atomic E-state index is 0.0542. The number of hydrogen-bond donors (Lipinski definition) is 2. The third-order valence-corrected chi connectivity index (χ3v) is 4.26. The zero-order valence-electron chi connectivity index (χ0n) is 13.4. The molecule has 5 heteroatoms. The van der Waals surface area contributed by atoms with Crippen molar-refractivity contribution in [1.29, 1.82) is 0 Å². The Kier molecular flexibility index (Phi) is 5.72. The van der Waals surface area contributed by atoms with Crippen LogP contribution in [0.3, 0.4) is 0 Å². The van der Waals surface area contributed by atoms with E-state index in [0.717, 1.165) is 36.4 Å². The molecule has 3 rings (SSSR count). The Bertz CT molecular complexity index is 682. The minimum Gasteiger partial charge on any atom is -0.489 e. The van der Waals surface area contributed by atoms with Gasteiger partial charge in [-0.1, -0.05) is 35.9 Å². The van der Waals surface area contributed by atoms with Gasteiger partial charge in [0.2, 0.25) is 5.91 Å². The van der Waals surface area contributed by atoms with Crippen LogP contribution in [0.25, 0.3) is 0 Å². The molecule has 1 saturated heterocycles. The number of hydrogen-bond acceptors (Lipinski definition) is 3. The molecule has 1 aliphatic heterocycles. The van der Waals surface area contributed by atoms with Crippen molar-refractivity contribution in [3.8, 4) is 5.75 Å². The van der Waals surface area contributed by atoms with E-state index in [1.165, 1.54) is 0 Å². The number of amides is 1. The molecule has 0 spiro atoms. The summed E-state index contributed by atoms with van der Waals surface area (Å²) in [5.41, 5.74) is 2.00. The molecule has 0 aromatic heterocycles. The predicted octanol–water partition coefficient (Wildman–Crippen LogP) is 2.94. The summed E-state index contributed by atoms with van der Waals surface area (Å²) in [4.78, 5) is 12.1. The molecule has 126 valence electrons. The van der Waals surface area contributed by atoms with E-state index in [1.807, 2.05) is 48.5 Å². The van der Waals surface area contributed by atoms with Crippen molar-refractivity contribution in [3.63, 3.8) is 0 Å². The molecule has 2 N–H and O–H groups in total. The number of ether oxygens (including phenoxy) is 1. The monoisotopic (exact) mass is 344 g/mol. The van der Waals surface area contributed by atoms with Crippen LogP contribution in [0.5, 0.6) is 5.75 Å². The second-order valence-corrected chi connectivity index (χ2v) is 6.43. The SMILES string of the molecule is O=C(Cc1cccc(OCc2ccc(Cl)cc2)c1)NC1CCNC1. The summed E-state index contributed by atoms with van der Waals surface area (Å²) < 4.78 is 5.80. The molecule has 0 bridgehead atoms. The average Bonchev–Trinajstić information content (AvgIpc) is 3.07. The second kappa shape index (κ2) is 8.18. The van der Waals surface area contributed by atoms with E-state index in [4.69, 9.17) is 16.3 Å². The van der Waals surface area contributed by atoms with E-state index >= 15 is 0 Å². The van der Waals surface area contributed by atoms with Crippen LogP contribution in [0.1, 0.15) is 17.5 Å². The van der Waals surface area contributed by atoms with Gasteiger partial charge in [-0.15, -0.1) is 0 Å². The Morgan fingerprint density at radius 2 is 2.04 bits per heavy atom.